The summed E-state index contributed by atoms with van der Waals surface area (Å²) in [5.41, 5.74) is 0.409. The molecule has 0 atom stereocenters. The summed E-state index contributed by atoms with van der Waals surface area (Å²) in [6.45, 7) is -0.318. The molecule has 0 aromatic heterocycles. The van der Waals surface area contributed by atoms with Crippen molar-refractivity contribution >= 4 is 40.9 Å². The largest absolute Gasteiger partial charge is 0.480 e. The van der Waals surface area contributed by atoms with Gasteiger partial charge in [0.15, 0.2) is 0 Å². The van der Waals surface area contributed by atoms with E-state index in [9.17, 15) is 9.59 Å². The molecule has 0 saturated heterocycles. The molecule has 1 saturated carbocycles. The Hall–Kier alpha value is -1.46. The maximum absolute atomic E-state index is 12.0. The molecule has 1 aromatic carbocycles. The summed E-state index contributed by atoms with van der Waals surface area (Å²) >= 11 is 11.7. The van der Waals surface area contributed by atoms with Crippen molar-refractivity contribution < 1.29 is 14.7 Å². The Morgan fingerprint density at radius 3 is 2.58 bits per heavy atom. The quantitative estimate of drug-likeness (QED) is 0.898. The molecule has 0 spiro atoms. The monoisotopic (exact) mass is 302 g/mol. The molecular weight excluding hydrogens is 291 g/mol. The molecular formula is C12H12Cl2N2O3. The van der Waals surface area contributed by atoms with Gasteiger partial charge in [0.25, 0.3) is 0 Å². The Morgan fingerprint density at radius 2 is 2.05 bits per heavy atom. The van der Waals surface area contributed by atoms with E-state index in [0.29, 0.717) is 15.7 Å². The van der Waals surface area contributed by atoms with Gasteiger partial charge >= 0.3 is 12.0 Å². The van der Waals surface area contributed by atoms with Crippen LogP contribution in [0, 0.1) is 0 Å². The number of hydrogen-bond acceptors (Lipinski definition) is 2. The summed E-state index contributed by atoms with van der Waals surface area (Å²) in [7, 11) is 0. The number of aliphatic carboxylic acids is 1. The molecule has 2 rings (SSSR count). The van der Waals surface area contributed by atoms with Crippen LogP contribution in [0.25, 0.3) is 0 Å². The van der Waals surface area contributed by atoms with Crippen LogP contribution < -0.4 is 5.32 Å². The van der Waals surface area contributed by atoms with Gasteiger partial charge in [-0.15, -0.1) is 0 Å². The maximum Gasteiger partial charge on any atom is 0.323 e. The van der Waals surface area contributed by atoms with Gasteiger partial charge in [0.2, 0.25) is 0 Å². The van der Waals surface area contributed by atoms with Crippen LogP contribution in [0.5, 0.6) is 0 Å². The van der Waals surface area contributed by atoms with Gasteiger partial charge in [-0.3, -0.25) is 4.79 Å². The minimum atomic E-state index is -1.04. The number of benzene rings is 1. The molecule has 0 unspecified atom stereocenters. The Morgan fingerprint density at radius 1 is 1.37 bits per heavy atom. The zero-order valence-electron chi connectivity index (χ0n) is 9.90. The third-order valence-electron chi connectivity index (χ3n) is 2.73. The molecule has 1 aliphatic rings. The smallest absolute Gasteiger partial charge is 0.323 e. The highest BCUT2D eigenvalue weighted by atomic mass is 35.5. The van der Waals surface area contributed by atoms with Gasteiger partial charge in [0.1, 0.15) is 6.54 Å². The molecule has 1 fully saturated rings. The predicted octanol–water partition coefficient (Wildman–Crippen LogP) is 3.07. The Bertz CT molecular complexity index is 518. The van der Waals surface area contributed by atoms with Crippen LogP contribution in [0.4, 0.5) is 10.5 Å². The fourth-order valence-corrected chi connectivity index (χ4v) is 2.13. The average Bonchev–Trinajstić information content (AvgIpc) is 3.13. The predicted molar refractivity (Wildman–Crippen MR) is 72.8 cm³/mol. The highest BCUT2D eigenvalue weighted by Gasteiger charge is 2.34. The first-order chi connectivity index (χ1) is 8.97. The van der Waals surface area contributed by atoms with Crippen LogP contribution in [0.3, 0.4) is 0 Å². The number of anilines is 1. The fourth-order valence-electron chi connectivity index (χ4n) is 1.68. The zero-order valence-corrected chi connectivity index (χ0v) is 11.4. The normalized spacial score (nSPS) is 14.0. The number of hydrogen-bond donors (Lipinski definition) is 2. The van der Waals surface area contributed by atoms with Crippen molar-refractivity contribution in [2.75, 3.05) is 11.9 Å². The molecule has 0 heterocycles. The Labute approximate surface area is 120 Å². The highest BCUT2D eigenvalue weighted by Crippen LogP contribution is 2.29. The number of carboxylic acid groups (broad SMARTS) is 1. The van der Waals surface area contributed by atoms with E-state index in [1.807, 2.05) is 0 Å². The number of carbonyl (C=O) groups is 2. The Balaban J connectivity index is 2.07. The summed E-state index contributed by atoms with van der Waals surface area (Å²) in [6, 6.07) is 4.23. The van der Waals surface area contributed by atoms with Crippen LogP contribution in [0.15, 0.2) is 18.2 Å². The number of rotatable bonds is 4. The number of halogens is 2. The van der Waals surface area contributed by atoms with E-state index in [-0.39, 0.29) is 12.6 Å². The van der Waals surface area contributed by atoms with Crippen LogP contribution in [0.1, 0.15) is 12.8 Å². The van der Waals surface area contributed by atoms with Gasteiger partial charge in [-0.2, -0.15) is 0 Å². The van der Waals surface area contributed by atoms with E-state index in [4.69, 9.17) is 28.3 Å². The lowest BCUT2D eigenvalue weighted by Gasteiger charge is -2.21. The van der Waals surface area contributed by atoms with Crippen molar-refractivity contribution in [3.05, 3.63) is 28.2 Å². The molecule has 0 radical (unpaired) electrons. The molecule has 7 heteroatoms. The van der Waals surface area contributed by atoms with Crippen LogP contribution >= 0.6 is 23.2 Å². The number of nitrogens with one attached hydrogen (secondary N) is 1. The molecule has 1 aromatic rings. The molecule has 0 aliphatic heterocycles. The first kappa shape index (κ1) is 14.0. The molecule has 2 amide bonds. The van der Waals surface area contributed by atoms with Gasteiger partial charge in [0.05, 0.1) is 10.7 Å². The van der Waals surface area contributed by atoms with E-state index < -0.39 is 12.0 Å². The number of nitrogens with zero attached hydrogens (tertiary/aromatic N) is 1. The van der Waals surface area contributed by atoms with Gasteiger partial charge in [0, 0.05) is 11.1 Å². The molecule has 5 nitrogen and oxygen atoms in total. The van der Waals surface area contributed by atoms with Crippen LogP contribution in [-0.2, 0) is 4.79 Å². The molecule has 2 N–H and O–H groups in total. The maximum atomic E-state index is 12.0. The van der Waals surface area contributed by atoms with Crippen molar-refractivity contribution in [2.45, 2.75) is 18.9 Å². The van der Waals surface area contributed by atoms with Crippen molar-refractivity contribution in [3.63, 3.8) is 0 Å². The van der Waals surface area contributed by atoms with E-state index in [1.54, 1.807) is 12.1 Å². The van der Waals surface area contributed by atoms with Crippen molar-refractivity contribution in [1.82, 2.24) is 4.90 Å². The van der Waals surface area contributed by atoms with Gasteiger partial charge < -0.3 is 15.3 Å². The minimum Gasteiger partial charge on any atom is -0.480 e. The van der Waals surface area contributed by atoms with E-state index in [1.165, 1.54) is 11.0 Å². The molecule has 102 valence electrons. The van der Waals surface area contributed by atoms with E-state index in [2.05, 4.69) is 5.32 Å². The number of urea groups is 1. The fraction of sp³-hybridized carbons (Fsp3) is 0.333. The molecule has 1 aliphatic carbocycles. The highest BCUT2D eigenvalue weighted by molar-refractivity contribution is 6.36. The lowest BCUT2D eigenvalue weighted by Crippen LogP contribution is -2.40. The van der Waals surface area contributed by atoms with E-state index in [0.717, 1.165) is 12.8 Å². The standard InChI is InChI=1S/C12H12Cl2N2O3/c13-7-1-4-10(9(14)5-7)15-12(19)16(6-11(17)18)8-2-3-8/h1,4-5,8H,2-3,6H2,(H,15,19)(H,17,18). The van der Waals surface area contributed by atoms with Crippen LogP contribution in [-0.4, -0.2) is 34.6 Å². The number of carboxylic acids is 1. The second kappa shape index (κ2) is 5.67. The SMILES string of the molecule is O=C(O)CN(C(=O)Nc1ccc(Cl)cc1Cl)C1CC1. The van der Waals surface area contributed by atoms with E-state index >= 15 is 0 Å². The summed E-state index contributed by atoms with van der Waals surface area (Å²) in [4.78, 5) is 24.1. The van der Waals surface area contributed by atoms with Crippen molar-refractivity contribution in [3.8, 4) is 0 Å². The van der Waals surface area contributed by atoms with Crippen molar-refractivity contribution in [1.29, 1.82) is 0 Å². The van der Waals surface area contributed by atoms with Gasteiger partial charge in [-0.05, 0) is 31.0 Å². The second-order valence-corrected chi connectivity index (χ2v) is 5.15. The first-order valence-electron chi connectivity index (χ1n) is 5.72. The van der Waals surface area contributed by atoms with Gasteiger partial charge in [-0.25, -0.2) is 4.79 Å². The first-order valence-corrected chi connectivity index (χ1v) is 6.47. The summed E-state index contributed by atoms with van der Waals surface area (Å²) in [5, 5.41) is 12.2. The third kappa shape index (κ3) is 3.75. The molecule has 0 bridgehead atoms. The topological polar surface area (TPSA) is 69.6 Å². The van der Waals surface area contributed by atoms with Crippen molar-refractivity contribution in [2.24, 2.45) is 0 Å². The Kier molecular flexibility index (Phi) is 4.17. The molecule has 19 heavy (non-hydrogen) atoms. The number of amides is 2. The second-order valence-electron chi connectivity index (χ2n) is 4.31. The summed E-state index contributed by atoms with van der Waals surface area (Å²) < 4.78 is 0. The average molecular weight is 303 g/mol. The lowest BCUT2D eigenvalue weighted by molar-refractivity contribution is -0.137. The number of carbonyl (C=O) groups excluding carboxylic acids is 1. The zero-order chi connectivity index (χ0) is 14.0. The van der Waals surface area contributed by atoms with Crippen LogP contribution in [0.2, 0.25) is 10.0 Å². The summed E-state index contributed by atoms with van der Waals surface area (Å²) in [5.74, 6) is -1.04. The summed E-state index contributed by atoms with van der Waals surface area (Å²) in [6.07, 6.45) is 1.66. The minimum absolute atomic E-state index is 0.00201. The lowest BCUT2D eigenvalue weighted by atomic mass is 10.3. The van der Waals surface area contributed by atoms with Gasteiger partial charge in [-0.1, -0.05) is 23.2 Å². The third-order valence-corrected chi connectivity index (χ3v) is 3.27.